The van der Waals surface area contributed by atoms with Crippen molar-refractivity contribution in [2.45, 2.75) is 6.54 Å². The Kier molecular flexibility index (Phi) is 2.93. The van der Waals surface area contributed by atoms with Crippen molar-refractivity contribution in [2.75, 3.05) is 0 Å². The second-order valence-electron chi connectivity index (χ2n) is 4.87. The van der Waals surface area contributed by atoms with Crippen LogP contribution in [0.15, 0.2) is 59.7 Å². The highest BCUT2D eigenvalue weighted by Gasteiger charge is 2.13. The number of aromatic nitrogens is 4. The van der Waals surface area contributed by atoms with E-state index < -0.39 is 0 Å². The summed E-state index contributed by atoms with van der Waals surface area (Å²) in [5.74, 6) is 0.404. The number of imidazole rings is 1. The van der Waals surface area contributed by atoms with Gasteiger partial charge in [0.15, 0.2) is 11.4 Å². The molecule has 108 valence electrons. The molecule has 0 aliphatic carbocycles. The predicted octanol–water partition coefficient (Wildman–Crippen LogP) is 3.27. The lowest BCUT2D eigenvalue weighted by atomic mass is 10.2. The monoisotopic (exact) mass is 294 g/mol. The molecule has 0 unspecified atom stereocenters. The third-order valence-corrected chi connectivity index (χ3v) is 3.42. The number of furan rings is 1. The van der Waals surface area contributed by atoms with Gasteiger partial charge >= 0.3 is 0 Å². The summed E-state index contributed by atoms with van der Waals surface area (Å²) in [6.07, 6.45) is 4.79. The molecule has 0 saturated heterocycles. The first-order valence-corrected chi connectivity index (χ1v) is 6.75. The predicted molar refractivity (Wildman–Crippen MR) is 78.5 cm³/mol. The van der Waals surface area contributed by atoms with E-state index in [2.05, 4.69) is 15.0 Å². The van der Waals surface area contributed by atoms with E-state index in [0.717, 1.165) is 5.56 Å². The average Bonchev–Trinajstić information content (AvgIpc) is 3.20. The van der Waals surface area contributed by atoms with Gasteiger partial charge in [0.05, 0.1) is 19.1 Å². The fourth-order valence-electron chi connectivity index (χ4n) is 2.38. The number of nitrogens with zero attached hydrogens (tertiary/aromatic N) is 4. The van der Waals surface area contributed by atoms with Crippen LogP contribution in [0.1, 0.15) is 5.56 Å². The molecule has 22 heavy (non-hydrogen) atoms. The molecule has 6 heteroatoms. The zero-order chi connectivity index (χ0) is 14.9. The minimum absolute atomic E-state index is 0.248. The van der Waals surface area contributed by atoms with E-state index in [-0.39, 0.29) is 5.82 Å². The first-order chi connectivity index (χ1) is 10.8. The molecule has 0 aliphatic heterocycles. The normalized spacial score (nSPS) is 11.1. The molecule has 4 rings (SSSR count). The van der Waals surface area contributed by atoms with Crippen molar-refractivity contribution < 1.29 is 8.81 Å². The number of fused-ring (bicyclic) bond motifs is 1. The summed E-state index contributed by atoms with van der Waals surface area (Å²) in [5.41, 5.74) is 3.03. The number of rotatable bonds is 3. The molecule has 0 atom stereocenters. The van der Waals surface area contributed by atoms with E-state index in [9.17, 15) is 4.39 Å². The van der Waals surface area contributed by atoms with Gasteiger partial charge in [-0.25, -0.2) is 19.3 Å². The van der Waals surface area contributed by atoms with Gasteiger partial charge < -0.3 is 8.98 Å². The van der Waals surface area contributed by atoms with Gasteiger partial charge in [-0.15, -0.1) is 0 Å². The van der Waals surface area contributed by atoms with Gasteiger partial charge in [0.25, 0.3) is 0 Å². The van der Waals surface area contributed by atoms with Crippen LogP contribution < -0.4 is 0 Å². The zero-order valence-electron chi connectivity index (χ0n) is 11.5. The summed E-state index contributed by atoms with van der Waals surface area (Å²) in [6.45, 7) is 0.561. The fraction of sp³-hybridized carbons (Fsp3) is 0.0625. The molecule has 0 spiro atoms. The Balaban J connectivity index is 1.77. The van der Waals surface area contributed by atoms with Crippen molar-refractivity contribution in [2.24, 2.45) is 0 Å². The first-order valence-electron chi connectivity index (χ1n) is 6.75. The molecule has 0 amide bonds. The van der Waals surface area contributed by atoms with Gasteiger partial charge in [-0.3, -0.25) is 0 Å². The lowest BCUT2D eigenvalue weighted by Gasteiger charge is -2.04. The Morgan fingerprint density at radius 3 is 2.68 bits per heavy atom. The van der Waals surface area contributed by atoms with Gasteiger partial charge in [0.1, 0.15) is 23.4 Å². The molecule has 0 aliphatic rings. The van der Waals surface area contributed by atoms with Crippen LogP contribution in [-0.4, -0.2) is 19.5 Å². The van der Waals surface area contributed by atoms with Crippen LogP contribution in [0.2, 0.25) is 0 Å². The topological polar surface area (TPSA) is 56.7 Å². The van der Waals surface area contributed by atoms with Crippen LogP contribution in [0, 0.1) is 5.82 Å². The summed E-state index contributed by atoms with van der Waals surface area (Å²) < 4.78 is 20.3. The largest absolute Gasteiger partial charge is 0.463 e. The smallest absolute Gasteiger partial charge is 0.164 e. The third kappa shape index (κ3) is 2.14. The van der Waals surface area contributed by atoms with Gasteiger partial charge in [-0.1, -0.05) is 12.1 Å². The van der Waals surface area contributed by atoms with Crippen LogP contribution >= 0.6 is 0 Å². The van der Waals surface area contributed by atoms with E-state index in [1.165, 1.54) is 18.5 Å². The minimum atomic E-state index is -0.248. The molecule has 0 radical (unpaired) electrons. The van der Waals surface area contributed by atoms with Crippen molar-refractivity contribution in [1.82, 2.24) is 19.5 Å². The summed E-state index contributed by atoms with van der Waals surface area (Å²) in [5, 5.41) is 0. The molecule has 0 fully saturated rings. The lowest BCUT2D eigenvalue weighted by molar-refractivity contribution is 0.580. The lowest BCUT2D eigenvalue weighted by Crippen LogP contribution is -1.99. The van der Waals surface area contributed by atoms with Crippen molar-refractivity contribution in [3.05, 3.63) is 66.7 Å². The molecule has 1 aromatic carbocycles. The molecule has 0 N–H and O–H groups in total. The van der Waals surface area contributed by atoms with Gasteiger partial charge in [-0.2, -0.15) is 0 Å². The number of hydrogen-bond donors (Lipinski definition) is 0. The van der Waals surface area contributed by atoms with Gasteiger partial charge in [0, 0.05) is 0 Å². The number of benzene rings is 1. The SMILES string of the molecule is Fc1ccc(Cn2cnc3c(-c4ccco4)ncnc32)cc1. The van der Waals surface area contributed by atoms with E-state index >= 15 is 0 Å². The maximum Gasteiger partial charge on any atom is 0.164 e. The van der Waals surface area contributed by atoms with Crippen molar-refractivity contribution in [3.8, 4) is 11.5 Å². The summed E-state index contributed by atoms with van der Waals surface area (Å²) >= 11 is 0. The highest BCUT2D eigenvalue weighted by Crippen LogP contribution is 2.24. The molecule has 3 aromatic heterocycles. The maximum atomic E-state index is 13.0. The Morgan fingerprint density at radius 1 is 1.05 bits per heavy atom. The molecule has 4 aromatic rings. The number of hydrogen-bond acceptors (Lipinski definition) is 4. The van der Waals surface area contributed by atoms with Gasteiger partial charge in [-0.05, 0) is 29.8 Å². The average molecular weight is 294 g/mol. The standard InChI is InChI=1S/C16H11FN4O/c17-12-5-3-11(4-6-12)8-21-10-20-15-14(13-2-1-7-22-13)18-9-19-16(15)21/h1-7,9-10H,8H2. The molecule has 3 heterocycles. The van der Waals surface area contributed by atoms with E-state index in [1.807, 2.05) is 10.6 Å². The molecule has 0 bridgehead atoms. The molecule has 0 saturated carbocycles. The first kappa shape index (κ1) is 12.7. The van der Waals surface area contributed by atoms with E-state index in [1.54, 1.807) is 30.8 Å². The van der Waals surface area contributed by atoms with Crippen molar-refractivity contribution >= 4 is 11.2 Å². The van der Waals surface area contributed by atoms with E-state index in [0.29, 0.717) is 29.2 Å². The summed E-state index contributed by atoms with van der Waals surface area (Å²) in [7, 11) is 0. The van der Waals surface area contributed by atoms with Crippen LogP contribution in [0.25, 0.3) is 22.6 Å². The second-order valence-corrected chi connectivity index (χ2v) is 4.87. The van der Waals surface area contributed by atoms with Crippen molar-refractivity contribution in [3.63, 3.8) is 0 Å². The second kappa shape index (κ2) is 5.07. The van der Waals surface area contributed by atoms with Gasteiger partial charge in [0.2, 0.25) is 0 Å². The Hall–Kier alpha value is -3.02. The molecular weight excluding hydrogens is 283 g/mol. The summed E-state index contributed by atoms with van der Waals surface area (Å²) in [6, 6.07) is 10.0. The molecule has 5 nitrogen and oxygen atoms in total. The third-order valence-electron chi connectivity index (χ3n) is 3.42. The quantitative estimate of drug-likeness (QED) is 0.582. The van der Waals surface area contributed by atoms with Crippen LogP contribution in [0.4, 0.5) is 4.39 Å². The van der Waals surface area contributed by atoms with Crippen LogP contribution in [0.5, 0.6) is 0 Å². The fourth-order valence-corrected chi connectivity index (χ4v) is 2.38. The highest BCUT2D eigenvalue weighted by molar-refractivity contribution is 5.85. The van der Waals surface area contributed by atoms with E-state index in [4.69, 9.17) is 4.42 Å². The van der Waals surface area contributed by atoms with Crippen molar-refractivity contribution in [1.29, 1.82) is 0 Å². The Labute approximate surface area is 125 Å². The van der Waals surface area contributed by atoms with Crippen LogP contribution in [-0.2, 0) is 6.54 Å². The summed E-state index contributed by atoms with van der Waals surface area (Å²) in [4.78, 5) is 12.9. The molecular formula is C16H11FN4O. The maximum absolute atomic E-state index is 13.0. The highest BCUT2D eigenvalue weighted by atomic mass is 19.1. The Bertz CT molecular complexity index is 913. The van der Waals surface area contributed by atoms with Crippen LogP contribution in [0.3, 0.4) is 0 Å². The zero-order valence-corrected chi connectivity index (χ0v) is 11.5. The Morgan fingerprint density at radius 2 is 1.91 bits per heavy atom. The number of halogens is 1. The minimum Gasteiger partial charge on any atom is -0.463 e.